The first kappa shape index (κ1) is 28.6. The smallest absolute Gasteiger partial charge is 0.303 e. The Morgan fingerprint density at radius 2 is 1.30 bits per heavy atom. The lowest BCUT2D eigenvalue weighted by Gasteiger charge is -2.44. The average Bonchev–Trinajstić information content (AvgIpc) is 3.36. The van der Waals surface area contributed by atoms with Gasteiger partial charge in [-0.05, 0) is 48.6 Å². The molecule has 11 heteroatoms. The van der Waals surface area contributed by atoms with Gasteiger partial charge in [0.2, 0.25) is 23.6 Å². The second kappa shape index (κ2) is 10.9. The molecule has 43 heavy (non-hydrogen) atoms. The summed E-state index contributed by atoms with van der Waals surface area (Å²) in [5.41, 5.74) is 1.56. The number of rotatable bonds is 9. The van der Waals surface area contributed by atoms with Gasteiger partial charge in [0.15, 0.2) is 0 Å². The van der Waals surface area contributed by atoms with Crippen LogP contribution in [0.4, 0.5) is 0 Å². The molecular weight excluding hydrogens is 556 g/mol. The highest BCUT2D eigenvalue weighted by molar-refractivity contribution is 6.08. The second-order valence-corrected chi connectivity index (χ2v) is 11.9. The van der Waals surface area contributed by atoms with Crippen LogP contribution in [0.1, 0.15) is 50.0 Å². The monoisotopic (exact) mass is 588 g/mol. The van der Waals surface area contributed by atoms with Gasteiger partial charge in [-0.25, -0.2) is 0 Å². The average molecular weight is 589 g/mol. The number of carbonyl (C=O) groups is 6. The molecular formula is C32H32N2O9. The molecule has 2 aromatic carbocycles. The lowest BCUT2D eigenvalue weighted by atomic mass is 9.57. The molecule has 0 bridgehead atoms. The van der Waals surface area contributed by atoms with Crippen molar-refractivity contribution in [2.75, 3.05) is 13.1 Å². The number of carboxylic acid groups (broad SMARTS) is 2. The maximum Gasteiger partial charge on any atom is 0.303 e. The summed E-state index contributed by atoms with van der Waals surface area (Å²) in [7, 11) is 0. The van der Waals surface area contributed by atoms with E-state index in [1.807, 2.05) is 18.2 Å². The first-order chi connectivity index (χ1) is 20.6. The largest absolute Gasteiger partial charge is 0.507 e. The number of carboxylic acids is 2. The van der Waals surface area contributed by atoms with Crippen molar-refractivity contribution in [3.05, 3.63) is 53.6 Å². The minimum absolute atomic E-state index is 0.00583. The first-order valence-electron chi connectivity index (χ1n) is 14.6. The molecule has 6 rings (SSSR count). The van der Waals surface area contributed by atoms with Gasteiger partial charge < -0.3 is 15.3 Å². The highest BCUT2D eigenvalue weighted by Crippen LogP contribution is 2.58. The molecule has 2 aliphatic carbocycles. The van der Waals surface area contributed by atoms with Crippen LogP contribution < -0.4 is 0 Å². The Balaban J connectivity index is 1.42. The number of hydrogen-bond donors (Lipinski definition) is 3. The number of aliphatic carboxylic acids is 2. The topological polar surface area (TPSA) is 170 Å². The van der Waals surface area contributed by atoms with Gasteiger partial charge in [0.25, 0.3) is 0 Å². The van der Waals surface area contributed by atoms with Crippen LogP contribution in [-0.2, 0) is 28.8 Å². The maximum atomic E-state index is 14.0. The Bertz CT molecular complexity index is 1600. The van der Waals surface area contributed by atoms with Crippen LogP contribution >= 0.6 is 0 Å². The molecule has 6 atom stereocenters. The van der Waals surface area contributed by atoms with E-state index in [0.717, 1.165) is 20.9 Å². The van der Waals surface area contributed by atoms with Crippen molar-refractivity contribution < 1.29 is 44.1 Å². The number of imide groups is 2. The van der Waals surface area contributed by atoms with Crippen molar-refractivity contribution in [2.45, 2.75) is 44.4 Å². The predicted molar refractivity (Wildman–Crippen MR) is 150 cm³/mol. The molecule has 3 fully saturated rings. The number of benzene rings is 2. The number of hydrogen-bond acceptors (Lipinski definition) is 7. The van der Waals surface area contributed by atoms with Gasteiger partial charge in [-0.2, -0.15) is 0 Å². The molecule has 1 saturated carbocycles. The number of amides is 4. The van der Waals surface area contributed by atoms with Crippen LogP contribution in [0.5, 0.6) is 5.75 Å². The summed E-state index contributed by atoms with van der Waals surface area (Å²) in [6.45, 7) is -0.0174. The molecule has 2 heterocycles. The van der Waals surface area contributed by atoms with E-state index < -0.39 is 53.4 Å². The SMILES string of the molecule is O=C(O)CCCN1C(=O)C2CC=C3C(CC4C(=O)N(CCCC(=O)O)C(=O)C4C3c3ccc(O)c4ccccc34)C2C1=O. The van der Waals surface area contributed by atoms with E-state index in [-0.39, 0.29) is 75.1 Å². The van der Waals surface area contributed by atoms with Gasteiger partial charge in [-0.1, -0.05) is 42.0 Å². The van der Waals surface area contributed by atoms with Crippen LogP contribution in [-0.4, -0.2) is 73.8 Å². The van der Waals surface area contributed by atoms with Crippen molar-refractivity contribution >= 4 is 46.3 Å². The van der Waals surface area contributed by atoms with Crippen LogP contribution in [0, 0.1) is 29.6 Å². The second-order valence-electron chi connectivity index (χ2n) is 11.9. The molecule has 4 amide bonds. The van der Waals surface area contributed by atoms with Gasteiger partial charge in [0.1, 0.15) is 5.75 Å². The van der Waals surface area contributed by atoms with Crippen molar-refractivity contribution in [3.8, 4) is 5.75 Å². The van der Waals surface area contributed by atoms with Gasteiger partial charge in [-0.15, -0.1) is 0 Å². The zero-order chi connectivity index (χ0) is 30.6. The van der Waals surface area contributed by atoms with Gasteiger partial charge in [0.05, 0.1) is 23.7 Å². The molecule has 4 aliphatic rings. The van der Waals surface area contributed by atoms with Crippen molar-refractivity contribution in [3.63, 3.8) is 0 Å². The molecule has 2 saturated heterocycles. The van der Waals surface area contributed by atoms with Gasteiger partial charge in [0, 0.05) is 37.2 Å². The van der Waals surface area contributed by atoms with Crippen LogP contribution in [0.15, 0.2) is 48.0 Å². The number of allylic oxidation sites excluding steroid dienone is 2. The Hall–Kier alpha value is -4.54. The van der Waals surface area contributed by atoms with E-state index in [9.17, 15) is 33.9 Å². The summed E-state index contributed by atoms with van der Waals surface area (Å²) >= 11 is 0. The Morgan fingerprint density at radius 1 is 0.721 bits per heavy atom. The molecule has 11 nitrogen and oxygen atoms in total. The Kier molecular flexibility index (Phi) is 7.27. The summed E-state index contributed by atoms with van der Waals surface area (Å²) in [5, 5.41) is 30.0. The van der Waals surface area contributed by atoms with Crippen molar-refractivity contribution in [1.29, 1.82) is 0 Å². The number of fused-ring (bicyclic) bond motifs is 5. The predicted octanol–water partition coefficient (Wildman–Crippen LogP) is 2.91. The zero-order valence-corrected chi connectivity index (χ0v) is 23.3. The third-order valence-corrected chi connectivity index (χ3v) is 9.65. The fourth-order valence-electron chi connectivity index (χ4n) is 7.86. The van der Waals surface area contributed by atoms with E-state index in [1.54, 1.807) is 24.3 Å². The van der Waals surface area contributed by atoms with E-state index in [1.165, 1.54) is 0 Å². The summed E-state index contributed by atoms with van der Waals surface area (Å²) < 4.78 is 0. The molecule has 3 N–H and O–H groups in total. The van der Waals surface area contributed by atoms with E-state index in [2.05, 4.69) is 0 Å². The van der Waals surface area contributed by atoms with E-state index in [4.69, 9.17) is 10.2 Å². The summed E-state index contributed by atoms with van der Waals surface area (Å²) in [6.07, 6.45) is 2.32. The molecule has 0 radical (unpaired) electrons. The molecule has 0 aromatic heterocycles. The number of carbonyl (C=O) groups excluding carboxylic acids is 4. The third kappa shape index (κ3) is 4.67. The lowest BCUT2D eigenvalue weighted by Crippen LogP contribution is -2.43. The van der Waals surface area contributed by atoms with Crippen LogP contribution in [0.25, 0.3) is 10.8 Å². The van der Waals surface area contributed by atoms with Crippen molar-refractivity contribution in [1.82, 2.24) is 9.80 Å². The molecule has 6 unspecified atom stereocenters. The first-order valence-corrected chi connectivity index (χ1v) is 14.6. The normalized spacial score (nSPS) is 28.1. The zero-order valence-electron chi connectivity index (χ0n) is 23.3. The number of phenolic OH excluding ortho intramolecular Hbond substituents is 1. The molecule has 0 spiro atoms. The molecule has 2 aromatic rings. The number of phenols is 1. The maximum absolute atomic E-state index is 14.0. The fraction of sp³-hybridized carbons (Fsp3) is 0.438. The molecule has 2 aliphatic heterocycles. The Labute approximate surface area is 246 Å². The minimum Gasteiger partial charge on any atom is -0.507 e. The highest BCUT2D eigenvalue weighted by atomic mass is 16.4. The minimum atomic E-state index is -1.02. The number of likely N-dealkylation sites (tertiary alicyclic amines) is 2. The standard InChI is InChI=1S/C32H32N2O9/c35-23-12-11-18(16-5-1-2-6-17(16)23)26-19-9-10-20-27(31(42)33(29(20)40)13-3-7-24(36)37)21(19)15-22-28(26)32(43)34(30(22)41)14-4-8-25(38)39/h1-2,5-6,9,11-12,20-22,26-28,35H,3-4,7-8,10,13-15H2,(H,36,37)(H,38,39). The van der Waals surface area contributed by atoms with Gasteiger partial charge in [-0.3, -0.25) is 38.6 Å². The summed E-state index contributed by atoms with van der Waals surface area (Å²) in [5.74, 6) is -7.45. The Morgan fingerprint density at radius 3 is 1.93 bits per heavy atom. The number of nitrogens with zero attached hydrogens (tertiary/aromatic N) is 2. The van der Waals surface area contributed by atoms with E-state index in [0.29, 0.717) is 10.8 Å². The quantitative estimate of drug-likeness (QED) is 0.294. The van der Waals surface area contributed by atoms with Crippen LogP contribution in [0.3, 0.4) is 0 Å². The van der Waals surface area contributed by atoms with Gasteiger partial charge >= 0.3 is 11.9 Å². The fourth-order valence-corrected chi connectivity index (χ4v) is 7.86. The lowest BCUT2D eigenvalue weighted by molar-refractivity contribution is -0.143. The summed E-state index contributed by atoms with van der Waals surface area (Å²) in [6, 6.07) is 10.5. The molecule has 224 valence electrons. The van der Waals surface area contributed by atoms with E-state index >= 15 is 0 Å². The third-order valence-electron chi connectivity index (χ3n) is 9.65. The highest BCUT2D eigenvalue weighted by Gasteiger charge is 2.61. The number of aromatic hydroxyl groups is 1. The van der Waals surface area contributed by atoms with Crippen molar-refractivity contribution in [2.24, 2.45) is 29.6 Å². The van der Waals surface area contributed by atoms with Crippen LogP contribution in [0.2, 0.25) is 0 Å². The summed E-state index contributed by atoms with van der Waals surface area (Å²) in [4.78, 5) is 79.4.